The predicted octanol–water partition coefficient (Wildman–Crippen LogP) is 3.92. The number of hydrogen-bond acceptors (Lipinski definition) is 8. The van der Waals surface area contributed by atoms with Gasteiger partial charge in [0.15, 0.2) is 11.6 Å². The molecule has 38 heavy (non-hydrogen) atoms. The van der Waals surface area contributed by atoms with Crippen molar-refractivity contribution in [2.75, 3.05) is 6.61 Å². The number of halogens is 1. The van der Waals surface area contributed by atoms with E-state index >= 15 is 0 Å². The zero-order valence-electron chi connectivity index (χ0n) is 21.5. The monoisotopic (exact) mass is 522 g/mol. The molecule has 0 amide bonds. The van der Waals surface area contributed by atoms with E-state index in [1.165, 1.54) is 12.1 Å². The van der Waals surface area contributed by atoms with Crippen molar-refractivity contribution in [2.45, 2.75) is 70.8 Å². The summed E-state index contributed by atoms with van der Waals surface area (Å²) in [6, 6.07) is 6.18. The predicted molar refractivity (Wildman–Crippen MR) is 135 cm³/mol. The molecule has 1 saturated carbocycles. The van der Waals surface area contributed by atoms with Gasteiger partial charge in [0, 0.05) is 24.2 Å². The number of carbonyl (C=O) groups is 2. The second kappa shape index (κ2) is 10.2. The molecule has 1 aliphatic carbocycles. The number of nitrogens with zero attached hydrogens (tertiary/aromatic N) is 4. The summed E-state index contributed by atoms with van der Waals surface area (Å²) in [6.07, 6.45) is 4.80. The fraction of sp³-hybridized carbons (Fsp3) is 0.464. The Morgan fingerprint density at radius 3 is 2.66 bits per heavy atom. The summed E-state index contributed by atoms with van der Waals surface area (Å²) in [5.74, 6) is -1.10. The van der Waals surface area contributed by atoms with Gasteiger partial charge in [-0.05, 0) is 69.2 Å². The molecule has 2 aliphatic rings. The molecule has 5 rings (SSSR count). The van der Waals surface area contributed by atoms with E-state index < -0.39 is 29.8 Å². The third kappa shape index (κ3) is 4.92. The van der Waals surface area contributed by atoms with E-state index in [1.54, 1.807) is 10.6 Å². The van der Waals surface area contributed by atoms with Gasteiger partial charge in [-0.1, -0.05) is 18.9 Å². The Hall–Kier alpha value is -3.66. The Labute approximate surface area is 219 Å². The highest BCUT2D eigenvalue weighted by Gasteiger charge is 2.48. The number of cyclic esters (lactones) is 1. The Morgan fingerprint density at radius 1 is 1.21 bits per heavy atom. The zero-order chi connectivity index (χ0) is 27.0. The fourth-order valence-electron chi connectivity index (χ4n) is 5.81. The summed E-state index contributed by atoms with van der Waals surface area (Å²) < 4.78 is 22.2. The van der Waals surface area contributed by atoms with E-state index in [2.05, 4.69) is 15.1 Å². The van der Waals surface area contributed by atoms with Crippen molar-refractivity contribution < 1.29 is 28.9 Å². The Balaban J connectivity index is 1.39. The lowest BCUT2D eigenvalue weighted by Gasteiger charge is -2.41. The first-order valence-electron chi connectivity index (χ1n) is 13.0. The normalized spacial score (nSPS) is 20.4. The molecule has 2 aromatic heterocycles. The van der Waals surface area contributed by atoms with Gasteiger partial charge in [0.2, 0.25) is 0 Å². The molecule has 1 aliphatic heterocycles. The number of aromatic nitrogens is 4. The number of carbonyl (C=O) groups excluding carboxylic acids is 2. The minimum Gasteiger partial charge on any atom is -0.512 e. The maximum Gasteiger partial charge on any atom is 0.338 e. The third-order valence-corrected chi connectivity index (χ3v) is 7.77. The van der Waals surface area contributed by atoms with Crippen LogP contribution in [0, 0.1) is 25.6 Å². The van der Waals surface area contributed by atoms with Crippen molar-refractivity contribution in [1.29, 1.82) is 0 Å². The number of aryl methyl sites for hydroxylation is 3. The van der Waals surface area contributed by atoms with Gasteiger partial charge in [-0.15, -0.1) is 5.10 Å². The number of hydrogen-bond donors (Lipinski definition) is 2. The van der Waals surface area contributed by atoms with Crippen molar-refractivity contribution in [3.05, 3.63) is 69.8 Å². The quantitative estimate of drug-likeness (QED) is 0.337. The Bertz CT molecular complexity index is 1440. The first-order valence-corrected chi connectivity index (χ1v) is 13.0. The lowest BCUT2D eigenvalue weighted by molar-refractivity contribution is -0.167. The number of benzene rings is 1. The van der Waals surface area contributed by atoms with Gasteiger partial charge in [0.25, 0.3) is 5.78 Å². The summed E-state index contributed by atoms with van der Waals surface area (Å²) in [6.45, 7) is 3.00. The van der Waals surface area contributed by atoms with E-state index in [4.69, 9.17) is 9.84 Å². The van der Waals surface area contributed by atoms with Crippen molar-refractivity contribution >= 4 is 17.5 Å². The maximum atomic E-state index is 14.5. The SMILES string of the molecule is Cc1cc(C)n2nc(CC3=C(O)CC(CCc4ccc(C(=O)CO)c(F)c4)(C4CCCC4)OC3=O)nc2n1. The number of rotatable bonds is 8. The molecule has 1 unspecified atom stereocenters. The molecule has 3 aromatic rings. The zero-order valence-corrected chi connectivity index (χ0v) is 21.5. The molecule has 0 radical (unpaired) electrons. The van der Waals surface area contributed by atoms with E-state index in [0.717, 1.165) is 37.1 Å². The van der Waals surface area contributed by atoms with Gasteiger partial charge in [0.1, 0.15) is 23.8 Å². The summed E-state index contributed by atoms with van der Waals surface area (Å²) in [5.41, 5.74) is 1.40. The van der Waals surface area contributed by atoms with Crippen LogP contribution < -0.4 is 0 Å². The molecule has 2 N–H and O–H groups in total. The van der Waals surface area contributed by atoms with E-state index in [9.17, 15) is 19.1 Å². The van der Waals surface area contributed by atoms with Crippen molar-refractivity contribution in [1.82, 2.24) is 19.6 Å². The second-order valence-electron chi connectivity index (χ2n) is 10.4. The third-order valence-electron chi connectivity index (χ3n) is 7.77. The number of Topliss-reactive ketones (excluding diaryl/α,β-unsaturated/α-hetero) is 1. The molecule has 1 aromatic carbocycles. The van der Waals surface area contributed by atoms with Gasteiger partial charge in [-0.25, -0.2) is 18.7 Å². The average Bonchev–Trinajstić information content (AvgIpc) is 3.55. The molecular weight excluding hydrogens is 491 g/mol. The van der Waals surface area contributed by atoms with Crippen molar-refractivity contribution in [3.8, 4) is 0 Å². The van der Waals surface area contributed by atoms with Gasteiger partial charge < -0.3 is 14.9 Å². The molecule has 0 bridgehead atoms. The summed E-state index contributed by atoms with van der Waals surface area (Å²) in [4.78, 5) is 33.8. The molecule has 9 nitrogen and oxygen atoms in total. The number of esters is 1. The van der Waals surface area contributed by atoms with Crippen LogP contribution in [0.3, 0.4) is 0 Å². The molecule has 1 fully saturated rings. The number of fused-ring (bicyclic) bond motifs is 1. The number of ether oxygens (including phenoxy) is 1. The Kier molecular flexibility index (Phi) is 7.00. The van der Waals surface area contributed by atoms with Crippen LogP contribution in [-0.2, 0) is 22.4 Å². The number of aliphatic hydroxyl groups is 2. The molecule has 0 saturated heterocycles. The van der Waals surface area contributed by atoms with Crippen LogP contribution in [0.1, 0.15) is 71.7 Å². The average molecular weight is 523 g/mol. The van der Waals surface area contributed by atoms with Gasteiger partial charge in [0.05, 0.1) is 11.1 Å². The largest absolute Gasteiger partial charge is 0.512 e. The topological polar surface area (TPSA) is 127 Å². The first-order chi connectivity index (χ1) is 18.2. The molecule has 1 atom stereocenters. The molecule has 10 heteroatoms. The van der Waals surface area contributed by atoms with E-state index in [1.807, 2.05) is 19.9 Å². The molecular formula is C28H31FN4O5. The van der Waals surface area contributed by atoms with Crippen LogP contribution in [-0.4, -0.2) is 53.8 Å². The van der Waals surface area contributed by atoms with Crippen LogP contribution in [0.15, 0.2) is 35.6 Å². The van der Waals surface area contributed by atoms with Gasteiger partial charge >= 0.3 is 5.97 Å². The van der Waals surface area contributed by atoms with Gasteiger partial charge in [-0.2, -0.15) is 4.98 Å². The highest BCUT2D eigenvalue weighted by molar-refractivity contribution is 5.97. The Morgan fingerprint density at radius 2 is 1.97 bits per heavy atom. The van der Waals surface area contributed by atoms with Crippen molar-refractivity contribution in [3.63, 3.8) is 0 Å². The maximum absolute atomic E-state index is 14.5. The smallest absolute Gasteiger partial charge is 0.338 e. The van der Waals surface area contributed by atoms with Crippen LogP contribution in [0.5, 0.6) is 0 Å². The second-order valence-corrected chi connectivity index (χ2v) is 10.4. The minimum absolute atomic E-state index is 0.0251. The summed E-state index contributed by atoms with van der Waals surface area (Å²) in [5, 5.41) is 24.6. The lowest BCUT2D eigenvalue weighted by atomic mass is 9.76. The summed E-state index contributed by atoms with van der Waals surface area (Å²) in [7, 11) is 0. The summed E-state index contributed by atoms with van der Waals surface area (Å²) >= 11 is 0. The van der Waals surface area contributed by atoms with E-state index in [-0.39, 0.29) is 35.7 Å². The van der Waals surface area contributed by atoms with Gasteiger partial charge in [-0.3, -0.25) is 4.79 Å². The fourth-order valence-corrected chi connectivity index (χ4v) is 5.81. The first kappa shape index (κ1) is 26.0. The van der Waals surface area contributed by atoms with Crippen LogP contribution in [0.2, 0.25) is 0 Å². The standard InChI is InChI=1S/C28H31FN4O5/c1-16-11-17(2)33-27(30-16)31-25(32-33)13-21-23(35)14-28(38-26(21)37,19-5-3-4-6-19)10-9-18-7-8-20(22(29)12-18)24(36)15-34/h7-8,11-12,19,34-35H,3-6,9-10,13-15H2,1-2H3. The van der Waals surface area contributed by atoms with Crippen LogP contribution >= 0.6 is 0 Å². The molecule has 0 spiro atoms. The highest BCUT2D eigenvalue weighted by atomic mass is 19.1. The number of aliphatic hydroxyl groups excluding tert-OH is 2. The lowest BCUT2D eigenvalue weighted by Crippen LogP contribution is -2.46. The minimum atomic E-state index is -0.904. The van der Waals surface area contributed by atoms with E-state index in [0.29, 0.717) is 30.0 Å². The number of ketones is 1. The molecule has 200 valence electrons. The van der Waals surface area contributed by atoms with Crippen LogP contribution in [0.25, 0.3) is 5.78 Å². The molecule has 3 heterocycles. The van der Waals surface area contributed by atoms with Crippen molar-refractivity contribution in [2.24, 2.45) is 5.92 Å². The van der Waals surface area contributed by atoms with Crippen LogP contribution in [0.4, 0.5) is 4.39 Å². The highest BCUT2D eigenvalue weighted by Crippen LogP contribution is 2.46.